The van der Waals surface area contributed by atoms with Crippen molar-refractivity contribution in [2.24, 2.45) is 0 Å². The summed E-state index contributed by atoms with van der Waals surface area (Å²) in [4.78, 5) is 10.8. The van der Waals surface area contributed by atoms with E-state index in [0.29, 0.717) is 13.0 Å². The van der Waals surface area contributed by atoms with Gasteiger partial charge in [0.05, 0.1) is 13.0 Å². The first kappa shape index (κ1) is 12.0. The van der Waals surface area contributed by atoms with Crippen LogP contribution in [0.15, 0.2) is 17.9 Å². The van der Waals surface area contributed by atoms with Gasteiger partial charge in [-0.1, -0.05) is 13.3 Å². The number of esters is 1. The molecule has 0 heterocycles. The third kappa shape index (κ3) is 8.90. The van der Waals surface area contributed by atoms with Crippen LogP contribution in [0.25, 0.3) is 0 Å². The third-order valence-electron chi connectivity index (χ3n) is 1.51. The van der Waals surface area contributed by atoms with Crippen LogP contribution in [0.1, 0.15) is 39.5 Å². The number of rotatable bonds is 6. The molecule has 0 N–H and O–H groups in total. The molecule has 2 nitrogen and oxygen atoms in total. The highest BCUT2D eigenvalue weighted by atomic mass is 16.5. The SMILES string of the molecule is CCCCC=C=CCC(=O)OCC. The molecule has 0 aliphatic heterocycles. The number of carbonyl (C=O) groups excluding carboxylic acids is 1. The molecule has 0 saturated heterocycles. The van der Waals surface area contributed by atoms with Gasteiger partial charge in [0.15, 0.2) is 0 Å². The van der Waals surface area contributed by atoms with E-state index in [1.165, 1.54) is 12.8 Å². The average Bonchev–Trinajstić information content (AvgIpc) is 2.11. The Kier molecular flexibility index (Phi) is 8.38. The van der Waals surface area contributed by atoms with Crippen molar-refractivity contribution < 1.29 is 9.53 Å². The topological polar surface area (TPSA) is 26.3 Å². The van der Waals surface area contributed by atoms with Gasteiger partial charge >= 0.3 is 5.97 Å². The van der Waals surface area contributed by atoms with E-state index >= 15 is 0 Å². The second-order valence-corrected chi connectivity index (χ2v) is 2.73. The number of ether oxygens (including phenoxy) is 1. The van der Waals surface area contributed by atoms with Gasteiger partial charge in [-0.15, -0.1) is 5.73 Å². The van der Waals surface area contributed by atoms with Crippen LogP contribution < -0.4 is 0 Å². The molecule has 0 saturated carbocycles. The van der Waals surface area contributed by atoms with Gasteiger partial charge in [-0.05, 0) is 31.9 Å². The van der Waals surface area contributed by atoms with Crippen molar-refractivity contribution >= 4 is 5.97 Å². The van der Waals surface area contributed by atoms with Crippen LogP contribution in [-0.4, -0.2) is 12.6 Å². The molecule has 0 rings (SSSR count). The Hall–Kier alpha value is -1.01. The summed E-state index contributed by atoms with van der Waals surface area (Å²) in [7, 11) is 0. The molecule has 0 amide bonds. The van der Waals surface area contributed by atoms with Crippen molar-refractivity contribution in [3.8, 4) is 0 Å². The van der Waals surface area contributed by atoms with E-state index in [-0.39, 0.29) is 5.97 Å². The van der Waals surface area contributed by atoms with Gasteiger partial charge in [0.2, 0.25) is 0 Å². The van der Waals surface area contributed by atoms with Gasteiger partial charge in [-0.25, -0.2) is 0 Å². The van der Waals surface area contributed by atoms with Crippen molar-refractivity contribution in [1.82, 2.24) is 0 Å². The highest BCUT2D eigenvalue weighted by Crippen LogP contribution is 1.94. The largest absolute Gasteiger partial charge is 0.466 e. The van der Waals surface area contributed by atoms with Crippen molar-refractivity contribution in [2.75, 3.05) is 6.61 Å². The van der Waals surface area contributed by atoms with Crippen LogP contribution in [0.4, 0.5) is 0 Å². The third-order valence-corrected chi connectivity index (χ3v) is 1.51. The summed E-state index contributed by atoms with van der Waals surface area (Å²) in [5.74, 6) is -0.182. The minimum Gasteiger partial charge on any atom is -0.466 e. The lowest BCUT2D eigenvalue weighted by Gasteiger charge is -1.94. The Morgan fingerprint density at radius 1 is 1.38 bits per heavy atom. The molecule has 0 atom stereocenters. The predicted octanol–water partition coefficient (Wildman–Crippen LogP) is 2.84. The van der Waals surface area contributed by atoms with Crippen molar-refractivity contribution in [3.05, 3.63) is 17.9 Å². The van der Waals surface area contributed by atoms with Gasteiger partial charge in [0, 0.05) is 0 Å². The number of carbonyl (C=O) groups is 1. The van der Waals surface area contributed by atoms with Crippen molar-refractivity contribution in [1.29, 1.82) is 0 Å². The molecule has 0 aliphatic rings. The Morgan fingerprint density at radius 3 is 2.77 bits per heavy atom. The number of unbranched alkanes of at least 4 members (excludes halogenated alkanes) is 2. The molecule has 74 valence electrons. The predicted molar refractivity (Wildman–Crippen MR) is 53.4 cm³/mol. The van der Waals surface area contributed by atoms with E-state index in [0.717, 1.165) is 6.42 Å². The second kappa shape index (κ2) is 9.08. The van der Waals surface area contributed by atoms with Crippen LogP contribution in [0.5, 0.6) is 0 Å². The normalized spacial score (nSPS) is 8.77. The van der Waals surface area contributed by atoms with Gasteiger partial charge in [-0.2, -0.15) is 0 Å². The maximum absolute atomic E-state index is 10.8. The summed E-state index contributed by atoms with van der Waals surface area (Å²) in [6.45, 7) is 4.40. The Bertz CT molecular complexity index is 188. The fourth-order valence-electron chi connectivity index (χ4n) is 0.835. The Balaban J connectivity index is 3.49. The standard InChI is InChI=1S/C11H18O2/c1-3-5-6-7-8-9-10-11(12)13-4-2/h7,9H,3-6,10H2,1-2H3. The summed E-state index contributed by atoms with van der Waals surface area (Å²) in [6.07, 6.45) is 7.42. The van der Waals surface area contributed by atoms with Crippen LogP contribution in [0.2, 0.25) is 0 Å². The second-order valence-electron chi connectivity index (χ2n) is 2.73. The van der Waals surface area contributed by atoms with Crippen LogP contribution in [0.3, 0.4) is 0 Å². The van der Waals surface area contributed by atoms with E-state index in [4.69, 9.17) is 4.74 Å². The lowest BCUT2D eigenvalue weighted by molar-refractivity contribution is -0.142. The van der Waals surface area contributed by atoms with Crippen LogP contribution >= 0.6 is 0 Å². The highest BCUT2D eigenvalue weighted by molar-refractivity contribution is 5.70. The summed E-state index contributed by atoms with van der Waals surface area (Å²) in [5.41, 5.74) is 2.96. The van der Waals surface area contributed by atoms with Gasteiger partial charge in [0.25, 0.3) is 0 Å². The maximum Gasteiger partial charge on any atom is 0.310 e. The summed E-state index contributed by atoms with van der Waals surface area (Å²) in [5, 5.41) is 0. The maximum atomic E-state index is 10.8. The summed E-state index contributed by atoms with van der Waals surface area (Å²) >= 11 is 0. The molecule has 0 aliphatic carbocycles. The first-order chi connectivity index (χ1) is 6.31. The summed E-state index contributed by atoms with van der Waals surface area (Å²) < 4.78 is 4.75. The monoisotopic (exact) mass is 182 g/mol. The molecule has 0 unspecified atom stereocenters. The van der Waals surface area contributed by atoms with E-state index < -0.39 is 0 Å². The molecule has 13 heavy (non-hydrogen) atoms. The fraction of sp³-hybridized carbons (Fsp3) is 0.636. The average molecular weight is 182 g/mol. The molecule has 2 heteroatoms. The molecule has 0 fully saturated rings. The first-order valence-electron chi connectivity index (χ1n) is 4.86. The van der Waals surface area contributed by atoms with Crippen LogP contribution in [-0.2, 0) is 9.53 Å². The van der Waals surface area contributed by atoms with E-state index in [1.54, 1.807) is 13.0 Å². The fourth-order valence-corrected chi connectivity index (χ4v) is 0.835. The Labute approximate surface area is 80.3 Å². The zero-order valence-corrected chi connectivity index (χ0v) is 8.51. The van der Waals surface area contributed by atoms with Crippen molar-refractivity contribution in [2.45, 2.75) is 39.5 Å². The Morgan fingerprint density at radius 2 is 2.15 bits per heavy atom. The van der Waals surface area contributed by atoms with E-state index in [1.807, 2.05) is 6.08 Å². The summed E-state index contributed by atoms with van der Waals surface area (Å²) in [6, 6.07) is 0. The van der Waals surface area contributed by atoms with E-state index in [2.05, 4.69) is 12.7 Å². The van der Waals surface area contributed by atoms with Gasteiger partial charge < -0.3 is 4.74 Å². The van der Waals surface area contributed by atoms with Gasteiger partial charge in [-0.3, -0.25) is 4.79 Å². The quantitative estimate of drug-likeness (QED) is 0.358. The molecule has 0 radical (unpaired) electrons. The number of hydrogen-bond donors (Lipinski definition) is 0. The minimum absolute atomic E-state index is 0.182. The van der Waals surface area contributed by atoms with Crippen molar-refractivity contribution in [3.63, 3.8) is 0 Å². The molecule has 0 aromatic carbocycles. The lowest BCUT2D eigenvalue weighted by atomic mass is 10.2. The molecule has 0 bridgehead atoms. The van der Waals surface area contributed by atoms with Crippen LogP contribution in [0, 0.1) is 0 Å². The minimum atomic E-state index is -0.182. The zero-order valence-electron chi connectivity index (χ0n) is 8.51. The smallest absolute Gasteiger partial charge is 0.310 e. The zero-order chi connectivity index (χ0) is 9.94. The first-order valence-corrected chi connectivity index (χ1v) is 4.86. The lowest BCUT2D eigenvalue weighted by Crippen LogP contribution is -2.00. The molecular formula is C11H18O2. The molecule has 0 aromatic heterocycles. The molecular weight excluding hydrogens is 164 g/mol. The number of hydrogen-bond acceptors (Lipinski definition) is 2. The molecule has 0 aromatic rings. The molecule has 0 spiro atoms. The highest BCUT2D eigenvalue weighted by Gasteiger charge is 1.94. The van der Waals surface area contributed by atoms with Gasteiger partial charge in [0.1, 0.15) is 0 Å². The van der Waals surface area contributed by atoms with E-state index in [9.17, 15) is 4.79 Å².